The number of carbonyl (C=O) groups is 1. The molecule has 0 aromatic carbocycles. The van der Waals surface area contributed by atoms with Crippen LogP contribution in [0.15, 0.2) is 170 Å². The molecule has 1 rings (SSSR count). The summed E-state index contributed by atoms with van der Waals surface area (Å²) in [4.78, 5) is 13.0. The lowest BCUT2D eigenvalue weighted by Crippen LogP contribution is -2.60. The van der Waals surface area contributed by atoms with Gasteiger partial charge in [-0.15, -0.1) is 0 Å². The van der Waals surface area contributed by atoms with Gasteiger partial charge in [0.1, 0.15) is 24.4 Å². The Kier molecular flexibility index (Phi) is 52.2. The molecule has 0 spiro atoms. The van der Waals surface area contributed by atoms with E-state index in [1.165, 1.54) is 57.8 Å². The molecule has 7 atom stereocenters. The first-order valence-corrected chi connectivity index (χ1v) is 30.9. The van der Waals surface area contributed by atoms with Gasteiger partial charge in [0.05, 0.1) is 25.4 Å². The van der Waals surface area contributed by atoms with Gasteiger partial charge in [-0.2, -0.15) is 0 Å². The molecule has 1 heterocycles. The van der Waals surface area contributed by atoms with Gasteiger partial charge in [0.15, 0.2) is 6.29 Å². The summed E-state index contributed by atoms with van der Waals surface area (Å²) in [5.41, 5.74) is 0. The standard InChI is InChI=1S/C70H111NO8/c1-3-5-7-9-11-13-15-17-19-20-21-22-23-24-25-26-27-28-29-30-31-32-33-34-35-36-37-38-39-40-41-42-43-44-46-48-50-52-54-56-58-60-66(74)71-63(62-78-70-69(77)68(76)67(75)65(61-72)79-70)64(73)59-57-55-53-51-49-47-45-18-16-14-12-10-8-6-4-2/h5,7,11,13,17,19,21-22,24-25,27-28,30-31,33-34,36-37,39-40,42-43,46,48-49,51,57,59,63-65,67-70,72-73,75-77H,3-4,6,8-10,12,14-16,18,20,23,26,29,32,35,38,41,44-45,47,50,52-56,58,60-62H2,1-2H3,(H,71,74)/b7-5-,13-11-,19-17-,22-21-,25-24-,28-27-,31-30-,34-33-,37-36-,40-39-,43-42-,48-46-,51-49+,59-57+. The van der Waals surface area contributed by atoms with Crippen LogP contribution < -0.4 is 5.32 Å². The molecule has 0 aliphatic carbocycles. The van der Waals surface area contributed by atoms with E-state index < -0.39 is 49.5 Å². The minimum Gasteiger partial charge on any atom is -0.394 e. The van der Waals surface area contributed by atoms with Crippen LogP contribution in [0, 0.1) is 0 Å². The van der Waals surface area contributed by atoms with Crippen LogP contribution in [0.1, 0.15) is 206 Å². The lowest BCUT2D eigenvalue weighted by Gasteiger charge is -2.40. The molecule has 0 bridgehead atoms. The molecule has 79 heavy (non-hydrogen) atoms. The molecule has 0 saturated carbocycles. The highest BCUT2D eigenvalue weighted by molar-refractivity contribution is 5.76. The normalized spacial score (nSPS) is 19.8. The molecule has 0 radical (unpaired) electrons. The summed E-state index contributed by atoms with van der Waals surface area (Å²) < 4.78 is 11.2. The van der Waals surface area contributed by atoms with Crippen LogP contribution in [0.5, 0.6) is 0 Å². The van der Waals surface area contributed by atoms with Gasteiger partial charge in [-0.05, 0) is 122 Å². The number of aliphatic hydroxyl groups is 5. The number of hydrogen-bond acceptors (Lipinski definition) is 8. The Morgan fingerprint density at radius 1 is 0.443 bits per heavy atom. The summed E-state index contributed by atoms with van der Waals surface area (Å²) in [5, 5.41) is 54.4. The predicted molar refractivity (Wildman–Crippen MR) is 335 cm³/mol. The summed E-state index contributed by atoms with van der Waals surface area (Å²) in [7, 11) is 0. The van der Waals surface area contributed by atoms with Crippen molar-refractivity contribution in [2.75, 3.05) is 13.2 Å². The molecule has 9 heteroatoms. The molecule has 0 aromatic rings. The number of allylic oxidation sites excluding steroid dienone is 27. The summed E-state index contributed by atoms with van der Waals surface area (Å²) in [6, 6.07) is -0.848. The van der Waals surface area contributed by atoms with Crippen LogP contribution >= 0.6 is 0 Å². The van der Waals surface area contributed by atoms with E-state index in [1.807, 2.05) is 6.08 Å². The highest BCUT2D eigenvalue weighted by Crippen LogP contribution is 2.22. The monoisotopic (exact) mass is 1090 g/mol. The Bertz CT molecular complexity index is 1840. The molecule has 6 N–H and O–H groups in total. The van der Waals surface area contributed by atoms with E-state index in [0.717, 1.165) is 122 Å². The topological polar surface area (TPSA) is 149 Å². The Morgan fingerprint density at radius 2 is 0.797 bits per heavy atom. The number of amides is 1. The van der Waals surface area contributed by atoms with Crippen molar-refractivity contribution in [2.24, 2.45) is 0 Å². The first kappa shape index (κ1) is 72.6. The second-order valence-corrected chi connectivity index (χ2v) is 20.4. The van der Waals surface area contributed by atoms with E-state index >= 15 is 0 Å². The number of nitrogens with one attached hydrogen (secondary N) is 1. The number of ether oxygens (including phenoxy) is 2. The summed E-state index contributed by atoms with van der Waals surface area (Å²) in [5.74, 6) is -0.219. The first-order chi connectivity index (χ1) is 38.8. The molecule has 444 valence electrons. The maximum atomic E-state index is 13.0. The fourth-order valence-electron chi connectivity index (χ4n) is 8.45. The van der Waals surface area contributed by atoms with Crippen LogP contribution in [0.3, 0.4) is 0 Å². The van der Waals surface area contributed by atoms with Gasteiger partial charge < -0.3 is 40.3 Å². The third kappa shape index (κ3) is 45.9. The van der Waals surface area contributed by atoms with Crippen LogP contribution in [0.2, 0.25) is 0 Å². The Morgan fingerprint density at radius 3 is 1.22 bits per heavy atom. The fraction of sp³-hybridized carbons (Fsp3) is 0.586. The van der Waals surface area contributed by atoms with E-state index in [4.69, 9.17) is 9.47 Å². The van der Waals surface area contributed by atoms with Crippen molar-refractivity contribution >= 4 is 5.91 Å². The van der Waals surface area contributed by atoms with E-state index in [0.29, 0.717) is 12.8 Å². The minimum absolute atomic E-state index is 0.219. The van der Waals surface area contributed by atoms with Gasteiger partial charge in [-0.1, -0.05) is 248 Å². The van der Waals surface area contributed by atoms with E-state index in [-0.39, 0.29) is 12.5 Å². The molecule has 1 saturated heterocycles. The maximum Gasteiger partial charge on any atom is 0.220 e. The number of unbranched alkanes of at least 4 members (excludes halogenated alkanes) is 14. The molecule has 0 aromatic heterocycles. The van der Waals surface area contributed by atoms with E-state index in [2.05, 4.69) is 177 Å². The van der Waals surface area contributed by atoms with Gasteiger partial charge in [-0.25, -0.2) is 0 Å². The quantitative estimate of drug-likeness (QED) is 0.0261. The zero-order valence-electron chi connectivity index (χ0n) is 49.3. The molecule has 1 fully saturated rings. The predicted octanol–water partition coefficient (Wildman–Crippen LogP) is 16.2. The van der Waals surface area contributed by atoms with Crippen molar-refractivity contribution in [3.05, 3.63) is 170 Å². The molecular weight excluding hydrogens is 983 g/mol. The highest BCUT2D eigenvalue weighted by atomic mass is 16.7. The fourth-order valence-corrected chi connectivity index (χ4v) is 8.45. The second kappa shape index (κ2) is 56.8. The number of hydrogen-bond donors (Lipinski definition) is 6. The average Bonchev–Trinajstić information content (AvgIpc) is 3.46. The van der Waals surface area contributed by atoms with Gasteiger partial charge in [0.2, 0.25) is 5.91 Å². The van der Waals surface area contributed by atoms with Crippen molar-refractivity contribution in [1.29, 1.82) is 0 Å². The molecule has 9 nitrogen and oxygen atoms in total. The van der Waals surface area contributed by atoms with Crippen molar-refractivity contribution in [1.82, 2.24) is 5.32 Å². The van der Waals surface area contributed by atoms with E-state index in [1.54, 1.807) is 6.08 Å². The van der Waals surface area contributed by atoms with E-state index in [9.17, 15) is 30.3 Å². The minimum atomic E-state index is -1.59. The van der Waals surface area contributed by atoms with Crippen LogP contribution in [-0.4, -0.2) is 87.5 Å². The van der Waals surface area contributed by atoms with Crippen molar-refractivity contribution in [3.8, 4) is 0 Å². The largest absolute Gasteiger partial charge is 0.394 e. The SMILES string of the molecule is CC/C=C\C/C=C\C/C=C\C/C=C\C/C=C\C/C=C\C/C=C\C/C=C\C/C=C\C/C=C\C/C=C\C/C=C\CCCCCCC(=O)NC(COC1OC(CO)C(O)C(O)C1O)C(O)/C=C/CC/C=C/CCCCCCCCCCC. The van der Waals surface area contributed by atoms with Crippen molar-refractivity contribution in [3.63, 3.8) is 0 Å². The summed E-state index contributed by atoms with van der Waals surface area (Å²) in [6.07, 6.45) is 84.3. The molecule has 1 aliphatic heterocycles. The summed E-state index contributed by atoms with van der Waals surface area (Å²) in [6.45, 7) is 3.61. The number of carbonyl (C=O) groups excluding carboxylic acids is 1. The molecular formula is C70H111NO8. The zero-order valence-corrected chi connectivity index (χ0v) is 49.3. The van der Waals surface area contributed by atoms with Crippen LogP contribution in [-0.2, 0) is 14.3 Å². The number of rotatable bonds is 50. The first-order valence-electron chi connectivity index (χ1n) is 30.9. The molecule has 1 amide bonds. The van der Waals surface area contributed by atoms with Crippen molar-refractivity contribution < 1.29 is 39.8 Å². The molecule has 7 unspecified atom stereocenters. The van der Waals surface area contributed by atoms with Gasteiger partial charge in [-0.3, -0.25) is 4.79 Å². The third-order valence-electron chi connectivity index (χ3n) is 13.3. The Labute approximate surface area is 481 Å². The van der Waals surface area contributed by atoms with Crippen molar-refractivity contribution in [2.45, 2.75) is 249 Å². The zero-order chi connectivity index (χ0) is 57.2. The third-order valence-corrected chi connectivity index (χ3v) is 13.3. The van der Waals surface area contributed by atoms with Gasteiger partial charge >= 0.3 is 0 Å². The highest BCUT2D eigenvalue weighted by Gasteiger charge is 2.44. The maximum absolute atomic E-state index is 13.0. The van der Waals surface area contributed by atoms with Gasteiger partial charge in [0.25, 0.3) is 0 Å². The molecule has 1 aliphatic rings. The lowest BCUT2D eigenvalue weighted by molar-refractivity contribution is -0.302. The second-order valence-electron chi connectivity index (χ2n) is 20.4. The van der Waals surface area contributed by atoms with Gasteiger partial charge in [0, 0.05) is 6.42 Å². The van der Waals surface area contributed by atoms with Crippen LogP contribution in [0.25, 0.3) is 0 Å². The Balaban J connectivity index is 2.21. The number of aliphatic hydroxyl groups excluding tert-OH is 5. The lowest BCUT2D eigenvalue weighted by atomic mass is 9.99. The summed E-state index contributed by atoms with van der Waals surface area (Å²) >= 11 is 0. The smallest absolute Gasteiger partial charge is 0.220 e. The average molecular weight is 1090 g/mol. The van der Waals surface area contributed by atoms with Crippen LogP contribution in [0.4, 0.5) is 0 Å². The Hall–Kier alpha value is -4.45.